The first-order valence-corrected chi connectivity index (χ1v) is 6.35. The van der Waals surface area contributed by atoms with Gasteiger partial charge in [-0.1, -0.05) is 24.2 Å². The predicted molar refractivity (Wildman–Crippen MR) is 68.2 cm³/mol. The summed E-state index contributed by atoms with van der Waals surface area (Å²) < 4.78 is 18.2. The lowest BCUT2D eigenvalue weighted by atomic mass is 10.0. The summed E-state index contributed by atoms with van der Waals surface area (Å²) in [5, 5.41) is 13.5. The fraction of sp³-hybridized carbons (Fsp3) is 0.429. The molecule has 0 saturated heterocycles. The summed E-state index contributed by atoms with van der Waals surface area (Å²) in [6, 6.07) is 6.30. The Hall–Kier alpha value is -1.75. The van der Waals surface area contributed by atoms with Gasteiger partial charge < -0.3 is 9.63 Å². The molecule has 0 bridgehead atoms. The summed E-state index contributed by atoms with van der Waals surface area (Å²) in [5.74, 6) is 0.494. The van der Waals surface area contributed by atoms with E-state index in [2.05, 4.69) is 10.1 Å². The Labute approximate surface area is 111 Å². The van der Waals surface area contributed by atoms with E-state index in [1.807, 2.05) is 13.0 Å². The first-order valence-electron chi connectivity index (χ1n) is 6.35. The first-order chi connectivity index (χ1) is 9.10. The van der Waals surface area contributed by atoms with Crippen molar-refractivity contribution in [2.75, 3.05) is 0 Å². The molecule has 2 aromatic rings. The fourth-order valence-corrected chi connectivity index (χ4v) is 2.04. The Morgan fingerprint density at radius 2 is 2.21 bits per heavy atom. The van der Waals surface area contributed by atoms with Gasteiger partial charge in [0, 0.05) is 6.42 Å². The van der Waals surface area contributed by atoms with Crippen LogP contribution in [0.4, 0.5) is 4.39 Å². The van der Waals surface area contributed by atoms with Crippen molar-refractivity contribution in [3.63, 3.8) is 0 Å². The smallest absolute Gasteiger partial charge is 0.232 e. The van der Waals surface area contributed by atoms with Crippen LogP contribution in [0.3, 0.4) is 0 Å². The second kappa shape index (κ2) is 5.93. The van der Waals surface area contributed by atoms with Crippen molar-refractivity contribution in [1.29, 1.82) is 0 Å². The van der Waals surface area contributed by atoms with Gasteiger partial charge in [-0.25, -0.2) is 4.39 Å². The lowest BCUT2D eigenvalue weighted by Crippen LogP contribution is -2.14. The Balaban J connectivity index is 2.13. The summed E-state index contributed by atoms with van der Waals surface area (Å²) in [7, 11) is 0. The molecule has 1 aromatic heterocycles. The number of hydrogen-bond donors (Lipinski definition) is 1. The van der Waals surface area contributed by atoms with Gasteiger partial charge in [0.25, 0.3) is 0 Å². The highest BCUT2D eigenvalue weighted by Gasteiger charge is 2.22. The maximum atomic E-state index is 13.1. The third-order valence-corrected chi connectivity index (χ3v) is 3.07. The molecule has 0 radical (unpaired) electrons. The summed E-state index contributed by atoms with van der Waals surface area (Å²) in [6.45, 7) is 3.65. The quantitative estimate of drug-likeness (QED) is 0.902. The maximum absolute atomic E-state index is 13.1. The molecule has 102 valence electrons. The van der Waals surface area contributed by atoms with E-state index in [1.165, 1.54) is 12.1 Å². The summed E-state index contributed by atoms with van der Waals surface area (Å²) in [6.07, 6.45) is 0.601. The highest BCUT2D eigenvalue weighted by atomic mass is 19.1. The molecule has 2 unspecified atom stereocenters. The zero-order valence-electron chi connectivity index (χ0n) is 11.0. The Morgan fingerprint density at radius 1 is 1.42 bits per heavy atom. The van der Waals surface area contributed by atoms with Crippen LogP contribution in [0.25, 0.3) is 0 Å². The number of aromatic nitrogens is 2. The average molecular weight is 264 g/mol. The van der Waals surface area contributed by atoms with Gasteiger partial charge in [-0.3, -0.25) is 0 Å². The highest BCUT2D eigenvalue weighted by molar-refractivity contribution is 5.19. The molecule has 0 amide bonds. The SMILES string of the molecule is CCC(c1nc(Cc2cccc(F)c2)no1)C(C)O. The van der Waals surface area contributed by atoms with Crippen molar-refractivity contribution < 1.29 is 14.0 Å². The zero-order chi connectivity index (χ0) is 13.8. The second-order valence-corrected chi connectivity index (χ2v) is 4.61. The number of halogens is 1. The molecular weight excluding hydrogens is 247 g/mol. The lowest BCUT2D eigenvalue weighted by molar-refractivity contribution is 0.141. The van der Waals surface area contributed by atoms with Gasteiger partial charge in [0.1, 0.15) is 5.82 Å². The minimum absolute atomic E-state index is 0.159. The number of rotatable bonds is 5. The number of aliphatic hydroxyl groups is 1. The van der Waals surface area contributed by atoms with Gasteiger partial charge in [0.15, 0.2) is 5.82 Å². The monoisotopic (exact) mass is 264 g/mol. The van der Waals surface area contributed by atoms with E-state index in [-0.39, 0.29) is 11.7 Å². The van der Waals surface area contributed by atoms with Gasteiger partial charge in [-0.05, 0) is 31.0 Å². The molecular formula is C14H17FN2O2. The normalized spacial score (nSPS) is 14.3. The van der Waals surface area contributed by atoms with E-state index < -0.39 is 6.10 Å². The predicted octanol–water partition coefficient (Wildman–Crippen LogP) is 2.67. The Morgan fingerprint density at radius 3 is 2.84 bits per heavy atom. The van der Waals surface area contributed by atoms with Crippen LogP contribution in [0.2, 0.25) is 0 Å². The van der Waals surface area contributed by atoms with E-state index in [0.717, 1.165) is 12.0 Å². The summed E-state index contributed by atoms with van der Waals surface area (Å²) >= 11 is 0. The number of benzene rings is 1. The molecule has 2 rings (SSSR count). The maximum Gasteiger partial charge on any atom is 0.232 e. The second-order valence-electron chi connectivity index (χ2n) is 4.61. The highest BCUT2D eigenvalue weighted by Crippen LogP contribution is 2.22. The van der Waals surface area contributed by atoms with Crippen molar-refractivity contribution in [2.24, 2.45) is 0 Å². The van der Waals surface area contributed by atoms with E-state index in [1.54, 1.807) is 13.0 Å². The van der Waals surface area contributed by atoms with Crippen LogP contribution in [0, 0.1) is 5.82 Å². The molecule has 19 heavy (non-hydrogen) atoms. The van der Waals surface area contributed by atoms with Gasteiger partial charge in [-0.2, -0.15) is 4.98 Å². The number of aliphatic hydroxyl groups excluding tert-OH is 1. The van der Waals surface area contributed by atoms with Crippen LogP contribution in [0.1, 0.15) is 43.5 Å². The van der Waals surface area contributed by atoms with Crippen LogP contribution in [0.5, 0.6) is 0 Å². The Kier molecular flexibility index (Phi) is 4.27. The van der Waals surface area contributed by atoms with Crippen LogP contribution in [-0.4, -0.2) is 21.4 Å². The molecule has 1 N–H and O–H groups in total. The molecule has 0 fully saturated rings. The topological polar surface area (TPSA) is 59.2 Å². The fourth-order valence-electron chi connectivity index (χ4n) is 2.04. The van der Waals surface area contributed by atoms with Crippen molar-refractivity contribution in [2.45, 2.75) is 38.7 Å². The summed E-state index contributed by atoms with van der Waals surface area (Å²) in [4.78, 5) is 4.27. The van der Waals surface area contributed by atoms with E-state index >= 15 is 0 Å². The van der Waals surface area contributed by atoms with Gasteiger partial charge in [-0.15, -0.1) is 0 Å². The third-order valence-electron chi connectivity index (χ3n) is 3.07. The number of hydrogen-bond acceptors (Lipinski definition) is 4. The molecule has 4 nitrogen and oxygen atoms in total. The standard InChI is InChI=1S/C14H17FN2O2/c1-3-12(9(2)18)14-16-13(17-19-14)8-10-5-4-6-11(15)7-10/h4-7,9,12,18H,3,8H2,1-2H3. The molecule has 2 atom stereocenters. The number of nitrogens with zero attached hydrogens (tertiary/aromatic N) is 2. The van der Waals surface area contributed by atoms with Crippen LogP contribution < -0.4 is 0 Å². The van der Waals surface area contributed by atoms with Crippen LogP contribution >= 0.6 is 0 Å². The Bertz CT molecular complexity index is 540. The molecule has 0 aliphatic rings. The molecule has 5 heteroatoms. The van der Waals surface area contributed by atoms with E-state index in [4.69, 9.17) is 4.52 Å². The van der Waals surface area contributed by atoms with Crippen LogP contribution in [0.15, 0.2) is 28.8 Å². The lowest BCUT2D eigenvalue weighted by Gasteiger charge is -2.12. The molecule has 0 aliphatic heterocycles. The molecule has 0 aliphatic carbocycles. The minimum Gasteiger partial charge on any atom is -0.393 e. The van der Waals surface area contributed by atoms with Gasteiger partial charge in [0.2, 0.25) is 5.89 Å². The minimum atomic E-state index is -0.535. The molecule has 0 saturated carbocycles. The zero-order valence-corrected chi connectivity index (χ0v) is 11.0. The van der Waals surface area contributed by atoms with Crippen molar-refractivity contribution in [1.82, 2.24) is 10.1 Å². The first kappa shape index (κ1) is 13.7. The van der Waals surface area contributed by atoms with E-state index in [9.17, 15) is 9.50 Å². The molecule has 1 aromatic carbocycles. The third kappa shape index (κ3) is 3.38. The molecule has 1 heterocycles. The van der Waals surface area contributed by atoms with Crippen molar-refractivity contribution in [3.05, 3.63) is 47.4 Å². The average Bonchev–Trinajstić information content (AvgIpc) is 2.78. The van der Waals surface area contributed by atoms with Gasteiger partial charge >= 0.3 is 0 Å². The summed E-state index contributed by atoms with van der Waals surface area (Å²) in [5.41, 5.74) is 0.789. The van der Waals surface area contributed by atoms with E-state index in [0.29, 0.717) is 18.1 Å². The largest absolute Gasteiger partial charge is 0.393 e. The van der Waals surface area contributed by atoms with Crippen molar-refractivity contribution >= 4 is 0 Å². The molecule has 0 spiro atoms. The van der Waals surface area contributed by atoms with Crippen LogP contribution in [-0.2, 0) is 6.42 Å². The van der Waals surface area contributed by atoms with Gasteiger partial charge in [0.05, 0.1) is 12.0 Å². The van der Waals surface area contributed by atoms with Crippen molar-refractivity contribution in [3.8, 4) is 0 Å².